The van der Waals surface area contributed by atoms with E-state index in [1.54, 1.807) is 18.3 Å². The third-order valence-electron chi connectivity index (χ3n) is 4.42. The second-order valence-corrected chi connectivity index (χ2v) is 8.30. The van der Waals surface area contributed by atoms with Crippen molar-refractivity contribution in [3.63, 3.8) is 0 Å². The van der Waals surface area contributed by atoms with Crippen molar-refractivity contribution in [2.75, 3.05) is 5.32 Å². The lowest BCUT2D eigenvalue weighted by Crippen LogP contribution is -2.30. The minimum atomic E-state index is -0.444. The standard InChI is InChI=1S/C19H17ClN4O3S/c1-11-6-14(18(25)22-8-11)15-7-17(21-9-13-2-3-16(20)28-13)24(23-15)19(26)12-4-5-27-10-12/h2-5,7-8,10,14,21H,6,9H2,1H3,(H,22,25). The summed E-state index contributed by atoms with van der Waals surface area (Å²) in [5.41, 5.74) is 1.96. The molecule has 0 fully saturated rings. The highest BCUT2D eigenvalue weighted by atomic mass is 35.5. The van der Waals surface area contributed by atoms with Crippen molar-refractivity contribution in [1.29, 1.82) is 0 Å². The second kappa shape index (κ2) is 7.65. The molecule has 0 aromatic carbocycles. The summed E-state index contributed by atoms with van der Waals surface area (Å²) in [4.78, 5) is 26.2. The van der Waals surface area contributed by atoms with Gasteiger partial charge >= 0.3 is 0 Å². The fraction of sp³-hybridized carbons (Fsp3) is 0.211. The fourth-order valence-corrected chi connectivity index (χ4v) is 4.02. The topological polar surface area (TPSA) is 89.2 Å². The molecule has 144 valence electrons. The number of carbonyl (C=O) groups excluding carboxylic acids is 2. The molecule has 4 heterocycles. The number of allylic oxidation sites excluding steroid dienone is 1. The average molecular weight is 417 g/mol. The van der Waals surface area contributed by atoms with Crippen LogP contribution in [-0.2, 0) is 11.3 Å². The Morgan fingerprint density at radius 3 is 3.04 bits per heavy atom. The van der Waals surface area contributed by atoms with Crippen molar-refractivity contribution in [1.82, 2.24) is 15.1 Å². The van der Waals surface area contributed by atoms with E-state index in [2.05, 4.69) is 15.7 Å². The number of furan rings is 1. The van der Waals surface area contributed by atoms with Gasteiger partial charge < -0.3 is 15.1 Å². The molecule has 2 N–H and O–H groups in total. The van der Waals surface area contributed by atoms with E-state index in [-0.39, 0.29) is 11.8 Å². The number of nitrogens with zero attached hydrogens (tertiary/aromatic N) is 2. The molecule has 3 aromatic heterocycles. The molecule has 1 unspecified atom stereocenters. The van der Waals surface area contributed by atoms with Crippen LogP contribution < -0.4 is 10.6 Å². The van der Waals surface area contributed by atoms with Crippen molar-refractivity contribution in [2.45, 2.75) is 25.8 Å². The quantitative estimate of drug-likeness (QED) is 0.656. The van der Waals surface area contributed by atoms with Gasteiger partial charge in [-0.3, -0.25) is 9.59 Å². The van der Waals surface area contributed by atoms with Gasteiger partial charge in [0.1, 0.15) is 12.1 Å². The Balaban J connectivity index is 1.66. The molecule has 0 saturated heterocycles. The van der Waals surface area contributed by atoms with Crippen molar-refractivity contribution in [2.24, 2.45) is 0 Å². The Hall–Kier alpha value is -2.84. The van der Waals surface area contributed by atoms with Gasteiger partial charge in [0.15, 0.2) is 0 Å². The Labute approximate surface area is 170 Å². The van der Waals surface area contributed by atoms with Gasteiger partial charge in [-0.25, -0.2) is 0 Å². The van der Waals surface area contributed by atoms with Crippen LogP contribution >= 0.6 is 22.9 Å². The Morgan fingerprint density at radius 1 is 1.46 bits per heavy atom. The molecular formula is C19H17ClN4O3S. The van der Waals surface area contributed by atoms with E-state index in [1.165, 1.54) is 28.5 Å². The Morgan fingerprint density at radius 2 is 2.32 bits per heavy atom. The summed E-state index contributed by atoms with van der Waals surface area (Å²) < 4.78 is 6.99. The first kappa shape index (κ1) is 18.5. The van der Waals surface area contributed by atoms with Gasteiger partial charge in [0.25, 0.3) is 5.91 Å². The van der Waals surface area contributed by atoms with Crippen LogP contribution in [0.1, 0.15) is 40.2 Å². The third kappa shape index (κ3) is 3.74. The smallest absolute Gasteiger partial charge is 0.283 e. The fourth-order valence-electron chi connectivity index (χ4n) is 2.99. The number of thiophene rings is 1. The Bertz CT molecular complexity index is 1050. The molecule has 28 heavy (non-hydrogen) atoms. The third-order valence-corrected chi connectivity index (χ3v) is 5.65. The molecule has 0 radical (unpaired) electrons. The summed E-state index contributed by atoms with van der Waals surface area (Å²) in [6, 6.07) is 7.06. The molecule has 0 aliphatic carbocycles. The van der Waals surface area contributed by atoms with Crippen LogP contribution in [0.2, 0.25) is 4.34 Å². The van der Waals surface area contributed by atoms with Gasteiger partial charge in [0, 0.05) is 17.1 Å². The first-order valence-electron chi connectivity index (χ1n) is 8.62. The van der Waals surface area contributed by atoms with E-state index in [4.69, 9.17) is 16.0 Å². The molecular weight excluding hydrogens is 400 g/mol. The number of halogens is 1. The highest BCUT2D eigenvalue weighted by molar-refractivity contribution is 7.16. The summed E-state index contributed by atoms with van der Waals surface area (Å²) in [5.74, 6) is -0.413. The number of hydrogen-bond acceptors (Lipinski definition) is 6. The zero-order valence-corrected chi connectivity index (χ0v) is 16.5. The summed E-state index contributed by atoms with van der Waals surface area (Å²) in [7, 11) is 0. The predicted molar refractivity (Wildman–Crippen MR) is 107 cm³/mol. The highest BCUT2D eigenvalue weighted by Gasteiger charge is 2.28. The molecule has 1 atom stereocenters. The molecule has 1 amide bonds. The Kier molecular flexibility index (Phi) is 5.06. The van der Waals surface area contributed by atoms with Crippen molar-refractivity contribution in [3.05, 3.63) is 69.0 Å². The summed E-state index contributed by atoms with van der Waals surface area (Å²) >= 11 is 7.44. The molecule has 4 rings (SSSR count). The first-order chi connectivity index (χ1) is 13.5. The average Bonchev–Trinajstić information content (AvgIpc) is 3.42. The van der Waals surface area contributed by atoms with E-state index < -0.39 is 5.92 Å². The zero-order valence-electron chi connectivity index (χ0n) is 14.9. The van der Waals surface area contributed by atoms with Crippen LogP contribution in [0.5, 0.6) is 0 Å². The number of nitrogens with one attached hydrogen (secondary N) is 2. The van der Waals surface area contributed by atoms with Crippen LogP contribution in [0.15, 0.2) is 53.0 Å². The van der Waals surface area contributed by atoms with E-state index in [1.807, 2.05) is 19.1 Å². The predicted octanol–water partition coefficient (Wildman–Crippen LogP) is 4.00. The molecule has 9 heteroatoms. The van der Waals surface area contributed by atoms with Crippen LogP contribution in [0, 0.1) is 0 Å². The number of carbonyl (C=O) groups is 2. The lowest BCUT2D eigenvalue weighted by atomic mass is 9.94. The van der Waals surface area contributed by atoms with Crippen molar-refractivity contribution < 1.29 is 14.0 Å². The molecule has 3 aromatic rings. The van der Waals surface area contributed by atoms with Gasteiger partial charge in [-0.2, -0.15) is 9.78 Å². The maximum Gasteiger partial charge on any atom is 0.283 e. The molecule has 1 aliphatic heterocycles. The number of amides is 1. The lowest BCUT2D eigenvalue weighted by molar-refractivity contribution is -0.122. The summed E-state index contributed by atoms with van der Waals surface area (Å²) in [6.45, 7) is 2.43. The minimum Gasteiger partial charge on any atom is -0.472 e. The van der Waals surface area contributed by atoms with E-state index in [0.717, 1.165) is 10.5 Å². The van der Waals surface area contributed by atoms with Crippen LogP contribution in [0.25, 0.3) is 0 Å². The van der Waals surface area contributed by atoms with Crippen molar-refractivity contribution >= 4 is 40.6 Å². The minimum absolute atomic E-state index is 0.136. The van der Waals surface area contributed by atoms with Crippen LogP contribution in [0.4, 0.5) is 5.82 Å². The van der Waals surface area contributed by atoms with Crippen LogP contribution in [-0.4, -0.2) is 21.6 Å². The summed E-state index contributed by atoms with van der Waals surface area (Å²) in [6.07, 6.45) is 5.06. The van der Waals surface area contributed by atoms with Gasteiger partial charge in [0.2, 0.25) is 5.91 Å². The molecule has 0 bridgehead atoms. The van der Waals surface area contributed by atoms with Crippen LogP contribution in [0.3, 0.4) is 0 Å². The highest BCUT2D eigenvalue weighted by Crippen LogP contribution is 2.29. The number of anilines is 1. The van der Waals surface area contributed by atoms with Crippen molar-refractivity contribution in [3.8, 4) is 0 Å². The van der Waals surface area contributed by atoms with Gasteiger partial charge in [0.05, 0.1) is 34.3 Å². The van der Waals surface area contributed by atoms with Gasteiger partial charge in [-0.1, -0.05) is 17.2 Å². The lowest BCUT2D eigenvalue weighted by Gasteiger charge is -2.18. The monoisotopic (exact) mass is 416 g/mol. The number of rotatable bonds is 5. The molecule has 0 saturated carbocycles. The van der Waals surface area contributed by atoms with E-state index in [0.29, 0.717) is 34.4 Å². The van der Waals surface area contributed by atoms with E-state index >= 15 is 0 Å². The normalized spacial score (nSPS) is 16.6. The molecule has 1 aliphatic rings. The zero-order chi connectivity index (χ0) is 19.7. The number of hydrogen-bond donors (Lipinski definition) is 2. The summed E-state index contributed by atoms with van der Waals surface area (Å²) in [5, 5.41) is 10.4. The first-order valence-corrected chi connectivity index (χ1v) is 9.81. The largest absolute Gasteiger partial charge is 0.472 e. The van der Waals surface area contributed by atoms with Gasteiger partial charge in [-0.05, 0) is 31.5 Å². The van der Waals surface area contributed by atoms with E-state index in [9.17, 15) is 9.59 Å². The second-order valence-electron chi connectivity index (χ2n) is 6.50. The molecule has 0 spiro atoms. The maximum atomic E-state index is 12.9. The SMILES string of the molecule is CC1=CNC(=O)C(c2cc(NCc3ccc(Cl)s3)n(C(=O)c3ccoc3)n2)C1. The van der Waals surface area contributed by atoms with Gasteiger partial charge in [-0.15, -0.1) is 11.3 Å². The number of aromatic nitrogens is 2. The maximum absolute atomic E-state index is 12.9. The molecule has 7 nitrogen and oxygen atoms in total.